The summed E-state index contributed by atoms with van der Waals surface area (Å²) in [6, 6.07) is 25.8. The van der Waals surface area contributed by atoms with Crippen molar-refractivity contribution in [3.05, 3.63) is 107 Å². The summed E-state index contributed by atoms with van der Waals surface area (Å²) >= 11 is 6.01. The second-order valence-electron chi connectivity index (χ2n) is 9.15. The minimum atomic E-state index is -0.0289. The predicted octanol–water partition coefficient (Wildman–Crippen LogP) is 4.42. The van der Waals surface area contributed by atoms with Crippen molar-refractivity contribution in [2.24, 2.45) is 0 Å². The fourth-order valence-corrected chi connectivity index (χ4v) is 4.93. The molecule has 5 rings (SSSR count). The quantitative estimate of drug-likeness (QED) is 0.409. The number of rotatable bonds is 7. The van der Waals surface area contributed by atoms with Crippen molar-refractivity contribution in [2.45, 2.75) is 13.1 Å². The van der Waals surface area contributed by atoms with Gasteiger partial charge in [-0.25, -0.2) is 0 Å². The van der Waals surface area contributed by atoms with Crippen molar-refractivity contribution in [1.29, 1.82) is 0 Å². The molecular formula is C29H29ClN4O2. The lowest BCUT2D eigenvalue weighted by atomic mass is 10.1. The number of fused-ring (bicyclic) bond motifs is 1. The van der Waals surface area contributed by atoms with Gasteiger partial charge in [-0.05, 0) is 29.3 Å². The number of benzene rings is 3. The van der Waals surface area contributed by atoms with Crippen LogP contribution < -0.4 is 5.32 Å². The lowest BCUT2D eigenvalue weighted by molar-refractivity contribution is -0.122. The largest absolute Gasteiger partial charge is 0.351 e. The maximum atomic E-state index is 13.5. The maximum Gasteiger partial charge on any atom is 0.256 e. The van der Waals surface area contributed by atoms with Crippen LogP contribution in [0.1, 0.15) is 21.5 Å². The Bertz CT molecular complexity index is 1360. The van der Waals surface area contributed by atoms with Gasteiger partial charge < -0.3 is 14.8 Å². The van der Waals surface area contributed by atoms with E-state index in [1.807, 2.05) is 71.8 Å². The Balaban J connectivity index is 1.19. The summed E-state index contributed by atoms with van der Waals surface area (Å²) in [5.41, 5.74) is 3.95. The third kappa shape index (κ3) is 5.61. The van der Waals surface area contributed by atoms with Crippen molar-refractivity contribution in [2.75, 3.05) is 32.7 Å². The molecule has 0 spiro atoms. The Kier molecular flexibility index (Phi) is 7.35. The first-order valence-corrected chi connectivity index (χ1v) is 12.6. The van der Waals surface area contributed by atoms with Gasteiger partial charge in [0.1, 0.15) is 0 Å². The number of aromatic nitrogens is 1. The zero-order valence-electron chi connectivity index (χ0n) is 20.1. The Labute approximate surface area is 216 Å². The minimum Gasteiger partial charge on any atom is -0.351 e. The average molecular weight is 501 g/mol. The second-order valence-corrected chi connectivity index (χ2v) is 9.58. The Morgan fingerprint density at radius 3 is 2.33 bits per heavy atom. The van der Waals surface area contributed by atoms with E-state index < -0.39 is 0 Å². The van der Waals surface area contributed by atoms with Gasteiger partial charge in [0.05, 0.1) is 12.1 Å². The Morgan fingerprint density at radius 2 is 1.56 bits per heavy atom. The van der Waals surface area contributed by atoms with Crippen LogP contribution in [-0.4, -0.2) is 58.9 Å². The number of nitrogens with one attached hydrogen (secondary N) is 1. The Hall–Kier alpha value is -3.61. The van der Waals surface area contributed by atoms with Gasteiger partial charge in [-0.3, -0.25) is 14.5 Å². The summed E-state index contributed by atoms with van der Waals surface area (Å²) in [5, 5.41) is 4.58. The first-order chi connectivity index (χ1) is 17.6. The van der Waals surface area contributed by atoms with Gasteiger partial charge in [0, 0.05) is 61.4 Å². The molecule has 1 saturated heterocycles. The fraction of sp³-hybridized carbons (Fsp3) is 0.241. The standard InChI is InChI=1S/C29H29ClN4O2/c30-24-10-6-9-23(17-24)18-31-28(35)21-32-13-15-33(16-14-32)29(36)26-20-34(19-22-7-2-1-3-8-22)27-12-5-4-11-25(26)27/h1-12,17,20H,13-16,18-19,21H2,(H,31,35). The molecule has 36 heavy (non-hydrogen) atoms. The Morgan fingerprint density at radius 1 is 0.833 bits per heavy atom. The molecule has 2 heterocycles. The van der Waals surface area contributed by atoms with Crippen molar-refractivity contribution in [3.63, 3.8) is 0 Å². The molecule has 6 nitrogen and oxygen atoms in total. The van der Waals surface area contributed by atoms with Gasteiger partial charge in [-0.15, -0.1) is 0 Å². The molecule has 1 aliphatic heterocycles. The minimum absolute atomic E-state index is 0.0289. The molecule has 1 aromatic heterocycles. The topological polar surface area (TPSA) is 57.6 Å². The van der Waals surface area contributed by atoms with Gasteiger partial charge >= 0.3 is 0 Å². The maximum absolute atomic E-state index is 13.5. The van der Waals surface area contributed by atoms with Crippen LogP contribution in [0.5, 0.6) is 0 Å². The van der Waals surface area contributed by atoms with E-state index in [2.05, 4.69) is 33.0 Å². The van der Waals surface area contributed by atoms with Crippen LogP contribution in [0.3, 0.4) is 0 Å². The van der Waals surface area contributed by atoms with Crippen molar-refractivity contribution < 1.29 is 9.59 Å². The molecule has 0 aliphatic carbocycles. The van der Waals surface area contributed by atoms with Crippen LogP contribution in [0.25, 0.3) is 10.9 Å². The van der Waals surface area contributed by atoms with Gasteiger partial charge in [0.2, 0.25) is 5.91 Å². The van der Waals surface area contributed by atoms with Gasteiger partial charge in [0.25, 0.3) is 5.91 Å². The number of carbonyl (C=O) groups excluding carboxylic acids is 2. The van der Waals surface area contributed by atoms with E-state index in [4.69, 9.17) is 11.6 Å². The SMILES string of the molecule is O=C(CN1CCN(C(=O)c2cn(Cc3ccccc3)c3ccccc23)CC1)NCc1cccc(Cl)c1. The van der Waals surface area contributed by atoms with Crippen LogP contribution in [0.15, 0.2) is 85.1 Å². The summed E-state index contributed by atoms with van der Waals surface area (Å²) in [7, 11) is 0. The molecule has 7 heteroatoms. The molecule has 0 atom stereocenters. The molecule has 0 saturated carbocycles. The van der Waals surface area contributed by atoms with Crippen molar-refractivity contribution in [1.82, 2.24) is 19.7 Å². The van der Waals surface area contributed by atoms with Gasteiger partial charge in [-0.2, -0.15) is 0 Å². The number of carbonyl (C=O) groups is 2. The summed E-state index contributed by atoms with van der Waals surface area (Å²) < 4.78 is 2.15. The van der Waals surface area contributed by atoms with Gasteiger partial charge in [-0.1, -0.05) is 72.3 Å². The normalized spacial score (nSPS) is 14.2. The summed E-state index contributed by atoms with van der Waals surface area (Å²) in [6.45, 7) is 4.01. The number of piperazine rings is 1. The second kappa shape index (κ2) is 11.0. The number of nitrogens with zero attached hydrogens (tertiary/aromatic N) is 3. The molecule has 0 radical (unpaired) electrons. The van der Waals surface area contributed by atoms with Crippen molar-refractivity contribution in [3.8, 4) is 0 Å². The molecule has 1 fully saturated rings. The van der Waals surface area contributed by atoms with E-state index in [9.17, 15) is 9.59 Å². The molecule has 0 unspecified atom stereocenters. The average Bonchev–Trinajstić information content (AvgIpc) is 3.26. The predicted molar refractivity (Wildman–Crippen MR) is 143 cm³/mol. The monoisotopic (exact) mass is 500 g/mol. The first-order valence-electron chi connectivity index (χ1n) is 12.2. The van der Waals surface area contributed by atoms with E-state index in [-0.39, 0.29) is 11.8 Å². The van der Waals surface area contributed by atoms with Crippen molar-refractivity contribution >= 4 is 34.3 Å². The van der Waals surface area contributed by atoms with Crippen LogP contribution in [-0.2, 0) is 17.9 Å². The third-order valence-electron chi connectivity index (χ3n) is 6.62. The summed E-state index contributed by atoms with van der Waals surface area (Å²) in [6.07, 6.45) is 1.98. The van der Waals surface area contributed by atoms with Crippen LogP contribution in [0.4, 0.5) is 0 Å². The van der Waals surface area contributed by atoms with Crippen LogP contribution in [0, 0.1) is 0 Å². The zero-order valence-corrected chi connectivity index (χ0v) is 20.8. The first kappa shape index (κ1) is 24.1. The van der Waals surface area contributed by atoms with Crippen LogP contribution in [0.2, 0.25) is 5.02 Å². The molecule has 1 N–H and O–H groups in total. The number of hydrogen-bond acceptors (Lipinski definition) is 3. The fourth-order valence-electron chi connectivity index (χ4n) is 4.71. The van der Waals surface area contributed by atoms with E-state index in [0.717, 1.165) is 22.0 Å². The lowest BCUT2D eigenvalue weighted by Crippen LogP contribution is -2.51. The highest BCUT2D eigenvalue weighted by Gasteiger charge is 2.25. The third-order valence-corrected chi connectivity index (χ3v) is 6.86. The smallest absolute Gasteiger partial charge is 0.256 e. The molecule has 1 aliphatic rings. The number of hydrogen-bond donors (Lipinski definition) is 1. The van der Waals surface area contributed by atoms with Crippen LogP contribution >= 0.6 is 11.6 Å². The summed E-state index contributed by atoms with van der Waals surface area (Å²) in [5.74, 6) is 0.0156. The highest BCUT2D eigenvalue weighted by atomic mass is 35.5. The molecule has 0 bridgehead atoms. The molecule has 184 valence electrons. The number of halogens is 1. The van der Waals surface area contributed by atoms with E-state index >= 15 is 0 Å². The van der Waals surface area contributed by atoms with Gasteiger partial charge in [0.15, 0.2) is 0 Å². The highest BCUT2D eigenvalue weighted by molar-refractivity contribution is 6.30. The molecule has 3 aromatic carbocycles. The number of para-hydroxylation sites is 1. The van der Waals surface area contributed by atoms with E-state index in [1.165, 1.54) is 5.56 Å². The zero-order chi connectivity index (χ0) is 24.9. The van der Waals surface area contributed by atoms with E-state index in [1.54, 1.807) is 0 Å². The lowest BCUT2D eigenvalue weighted by Gasteiger charge is -2.34. The summed E-state index contributed by atoms with van der Waals surface area (Å²) in [4.78, 5) is 29.9. The molecule has 2 amide bonds. The molecular weight excluding hydrogens is 472 g/mol. The van der Waals surface area contributed by atoms with E-state index in [0.29, 0.717) is 50.8 Å². The highest BCUT2D eigenvalue weighted by Crippen LogP contribution is 2.24. The molecule has 4 aromatic rings. The number of amides is 2.